The normalized spacial score (nSPS) is 29.7. The van der Waals surface area contributed by atoms with Gasteiger partial charge < -0.3 is 9.84 Å². The molecule has 4 nitrogen and oxygen atoms in total. The summed E-state index contributed by atoms with van der Waals surface area (Å²) in [7, 11) is 0. The van der Waals surface area contributed by atoms with Crippen molar-refractivity contribution < 1.29 is 9.84 Å². The van der Waals surface area contributed by atoms with Gasteiger partial charge in [0.1, 0.15) is 0 Å². The van der Waals surface area contributed by atoms with Crippen LogP contribution in [-0.4, -0.2) is 31.7 Å². The number of aliphatic hydroxyl groups is 1. The molecule has 0 spiro atoms. The van der Waals surface area contributed by atoms with Gasteiger partial charge in [-0.2, -0.15) is 5.10 Å². The lowest BCUT2D eigenvalue weighted by molar-refractivity contribution is -0.125. The SMILES string of the molecule is CCn1cc(CC2(O)CC(C)(C)OC2(C)C)cn1. The molecule has 0 aromatic carbocycles. The van der Waals surface area contributed by atoms with Gasteiger partial charge in [0.25, 0.3) is 0 Å². The summed E-state index contributed by atoms with van der Waals surface area (Å²) in [5, 5.41) is 15.2. The number of aromatic nitrogens is 2. The Balaban J connectivity index is 2.21. The van der Waals surface area contributed by atoms with Gasteiger partial charge in [-0.25, -0.2) is 0 Å². The van der Waals surface area contributed by atoms with Gasteiger partial charge in [0.2, 0.25) is 0 Å². The lowest BCUT2D eigenvalue weighted by Crippen LogP contribution is -2.47. The Morgan fingerprint density at radius 1 is 1.39 bits per heavy atom. The van der Waals surface area contributed by atoms with E-state index in [1.54, 1.807) is 0 Å². The Morgan fingerprint density at radius 3 is 2.50 bits per heavy atom. The molecule has 1 aliphatic rings. The molecule has 0 saturated carbocycles. The van der Waals surface area contributed by atoms with Gasteiger partial charge in [-0.3, -0.25) is 4.68 Å². The fraction of sp³-hybridized carbons (Fsp3) is 0.786. The van der Waals surface area contributed by atoms with Gasteiger partial charge in [0, 0.05) is 25.6 Å². The van der Waals surface area contributed by atoms with E-state index in [0.717, 1.165) is 12.1 Å². The minimum absolute atomic E-state index is 0.279. The molecule has 2 rings (SSSR count). The van der Waals surface area contributed by atoms with Crippen molar-refractivity contribution in [2.75, 3.05) is 0 Å². The van der Waals surface area contributed by atoms with Crippen LogP contribution in [0.5, 0.6) is 0 Å². The first-order valence-electron chi connectivity index (χ1n) is 6.61. The second-order valence-electron chi connectivity index (χ2n) is 6.46. The molecule has 0 radical (unpaired) electrons. The van der Waals surface area contributed by atoms with Crippen molar-refractivity contribution in [3.63, 3.8) is 0 Å². The Hall–Kier alpha value is -0.870. The summed E-state index contributed by atoms with van der Waals surface area (Å²) in [5.41, 5.74) is -0.587. The molecule has 1 fully saturated rings. The maximum absolute atomic E-state index is 10.9. The highest BCUT2D eigenvalue weighted by atomic mass is 16.5. The zero-order valence-electron chi connectivity index (χ0n) is 12.0. The molecule has 1 aromatic heterocycles. The van der Waals surface area contributed by atoms with Crippen molar-refractivity contribution in [3.8, 4) is 0 Å². The van der Waals surface area contributed by atoms with Crippen LogP contribution >= 0.6 is 0 Å². The predicted octanol–water partition coefficient (Wildman–Crippen LogP) is 2.15. The third kappa shape index (κ3) is 2.31. The van der Waals surface area contributed by atoms with Crippen molar-refractivity contribution in [2.24, 2.45) is 0 Å². The zero-order valence-corrected chi connectivity index (χ0v) is 12.0. The predicted molar refractivity (Wildman–Crippen MR) is 70.4 cm³/mol. The summed E-state index contributed by atoms with van der Waals surface area (Å²) in [6.45, 7) is 10.9. The first-order chi connectivity index (χ1) is 8.17. The van der Waals surface area contributed by atoms with Crippen molar-refractivity contribution in [1.29, 1.82) is 0 Å². The second-order valence-corrected chi connectivity index (χ2v) is 6.46. The minimum Gasteiger partial charge on any atom is -0.386 e. The van der Waals surface area contributed by atoms with Crippen LogP contribution in [0.2, 0.25) is 0 Å². The lowest BCUT2D eigenvalue weighted by atomic mass is 9.78. The molecule has 2 heterocycles. The fourth-order valence-electron chi connectivity index (χ4n) is 3.02. The summed E-state index contributed by atoms with van der Waals surface area (Å²) in [6.07, 6.45) is 5.07. The number of aryl methyl sites for hydroxylation is 1. The monoisotopic (exact) mass is 252 g/mol. The van der Waals surface area contributed by atoms with Crippen LogP contribution in [0.25, 0.3) is 0 Å². The Labute approximate surface area is 109 Å². The van der Waals surface area contributed by atoms with Crippen LogP contribution in [0, 0.1) is 0 Å². The highest BCUT2D eigenvalue weighted by Gasteiger charge is 2.56. The fourth-order valence-corrected chi connectivity index (χ4v) is 3.02. The molecule has 1 unspecified atom stereocenters. The van der Waals surface area contributed by atoms with E-state index in [1.165, 1.54) is 0 Å². The highest BCUT2D eigenvalue weighted by molar-refractivity contribution is 5.16. The van der Waals surface area contributed by atoms with E-state index in [2.05, 4.69) is 12.0 Å². The summed E-state index contributed by atoms with van der Waals surface area (Å²) < 4.78 is 7.86. The van der Waals surface area contributed by atoms with E-state index in [0.29, 0.717) is 12.8 Å². The molecule has 1 N–H and O–H groups in total. The van der Waals surface area contributed by atoms with Crippen molar-refractivity contribution in [1.82, 2.24) is 9.78 Å². The van der Waals surface area contributed by atoms with E-state index < -0.39 is 11.2 Å². The molecule has 0 amide bonds. The Kier molecular flexibility index (Phi) is 3.06. The van der Waals surface area contributed by atoms with Crippen LogP contribution < -0.4 is 0 Å². The molecule has 1 aliphatic heterocycles. The zero-order chi connectivity index (χ0) is 13.6. The lowest BCUT2D eigenvalue weighted by Gasteiger charge is -2.34. The van der Waals surface area contributed by atoms with Gasteiger partial charge in [-0.1, -0.05) is 0 Å². The number of nitrogens with zero attached hydrogens (tertiary/aromatic N) is 2. The van der Waals surface area contributed by atoms with Gasteiger partial charge in [-0.05, 0) is 40.2 Å². The average molecular weight is 252 g/mol. The van der Waals surface area contributed by atoms with Gasteiger partial charge in [0.05, 0.1) is 23.0 Å². The molecule has 1 aromatic rings. The standard InChI is InChI=1S/C14H24N2O2/c1-6-16-9-11(8-15-16)7-14(17)10-12(2,3)18-13(14,4)5/h8-9,17H,6-7,10H2,1-5H3. The van der Waals surface area contributed by atoms with Crippen LogP contribution in [0.4, 0.5) is 0 Å². The number of rotatable bonds is 3. The third-order valence-corrected chi connectivity index (χ3v) is 3.88. The van der Waals surface area contributed by atoms with Crippen LogP contribution in [0.1, 0.15) is 46.6 Å². The topological polar surface area (TPSA) is 47.3 Å². The molecule has 0 aliphatic carbocycles. The Bertz CT molecular complexity index is 437. The van der Waals surface area contributed by atoms with Crippen LogP contribution in [-0.2, 0) is 17.7 Å². The number of hydrogen-bond donors (Lipinski definition) is 1. The third-order valence-electron chi connectivity index (χ3n) is 3.88. The van der Waals surface area contributed by atoms with E-state index in [1.807, 2.05) is 44.8 Å². The minimum atomic E-state index is -0.835. The average Bonchev–Trinajstić information content (AvgIpc) is 2.67. The maximum Gasteiger partial charge on any atom is 0.0999 e. The maximum atomic E-state index is 10.9. The molecular formula is C14H24N2O2. The number of hydrogen-bond acceptors (Lipinski definition) is 3. The molecule has 0 bridgehead atoms. The molecule has 4 heteroatoms. The van der Waals surface area contributed by atoms with Crippen molar-refractivity contribution >= 4 is 0 Å². The molecular weight excluding hydrogens is 228 g/mol. The molecule has 1 atom stereocenters. The first-order valence-corrected chi connectivity index (χ1v) is 6.61. The summed E-state index contributed by atoms with van der Waals surface area (Å²) >= 11 is 0. The van der Waals surface area contributed by atoms with E-state index >= 15 is 0 Å². The highest BCUT2D eigenvalue weighted by Crippen LogP contribution is 2.46. The quantitative estimate of drug-likeness (QED) is 0.896. The Morgan fingerprint density at radius 2 is 2.06 bits per heavy atom. The van der Waals surface area contributed by atoms with Crippen LogP contribution in [0.15, 0.2) is 12.4 Å². The van der Waals surface area contributed by atoms with Gasteiger partial charge in [0.15, 0.2) is 0 Å². The van der Waals surface area contributed by atoms with Gasteiger partial charge in [-0.15, -0.1) is 0 Å². The molecule has 18 heavy (non-hydrogen) atoms. The van der Waals surface area contributed by atoms with E-state index in [4.69, 9.17) is 4.74 Å². The van der Waals surface area contributed by atoms with E-state index in [9.17, 15) is 5.11 Å². The smallest absolute Gasteiger partial charge is 0.0999 e. The summed E-state index contributed by atoms with van der Waals surface area (Å²) in [4.78, 5) is 0. The molecule has 102 valence electrons. The molecule has 1 saturated heterocycles. The van der Waals surface area contributed by atoms with Crippen molar-refractivity contribution in [3.05, 3.63) is 18.0 Å². The first kappa shape index (κ1) is 13.6. The number of ether oxygens (including phenoxy) is 1. The second kappa shape index (κ2) is 4.07. The largest absolute Gasteiger partial charge is 0.386 e. The van der Waals surface area contributed by atoms with Crippen molar-refractivity contribution in [2.45, 2.75) is 70.8 Å². The van der Waals surface area contributed by atoms with E-state index in [-0.39, 0.29) is 5.60 Å². The summed E-state index contributed by atoms with van der Waals surface area (Å²) in [6, 6.07) is 0. The summed E-state index contributed by atoms with van der Waals surface area (Å²) in [5.74, 6) is 0. The van der Waals surface area contributed by atoms with Gasteiger partial charge >= 0.3 is 0 Å². The van der Waals surface area contributed by atoms with Crippen LogP contribution in [0.3, 0.4) is 0 Å².